The molecule has 1 aliphatic heterocycles. The number of hydrogen-bond donors (Lipinski definition) is 9. The number of carboxylic acid groups (broad SMARTS) is 1. The molecule has 0 unspecified atom stereocenters. The molecule has 1 fully saturated rings. The average Bonchev–Trinajstić information content (AvgIpc) is 1.79. The van der Waals surface area contributed by atoms with Crippen LogP contribution in [0.3, 0.4) is 0 Å². The second-order valence-corrected chi connectivity index (χ2v) is 25.1. The molecule has 12 N–H and O–H groups in total. The summed E-state index contributed by atoms with van der Waals surface area (Å²) in [4.78, 5) is 155. The van der Waals surface area contributed by atoms with Gasteiger partial charge in [0.05, 0.1) is 69.8 Å². The fourth-order valence-electron chi connectivity index (χ4n) is 10.7. The third-order valence-corrected chi connectivity index (χ3v) is 16.3. The van der Waals surface area contributed by atoms with Crippen LogP contribution in [0.2, 0.25) is 10.0 Å². The molecule has 31 nitrogen and oxygen atoms in total. The van der Waals surface area contributed by atoms with Crippen LogP contribution < -0.4 is 45.0 Å². The van der Waals surface area contributed by atoms with Gasteiger partial charge in [-0.15, -0.1) is 0 Å². The molecule has 0 bridgehead atoms. The zero-order valence-electron chi connectivity index (χ0n) is 61.3. The van der Waals surface area contributed by atoms with E-state index in [1.165, 1.54) is 0 Å². The number of anilines is 3. The number of rotatable bonds is 11. The SMILES string of the molecule is CCOC(=O)c1nc2c(F)cc(F)cc2[nH]c1=O.CCOC(=O)c1nc2cc(F)cc(F)c2[nH]c1=O.CCOC(=O)c1nc2cc(F)cc(F)c2[nH]c1=O.Nc1c(F)cc(F)cc1[N+](=O)[O-].Nc1cc(F)cc(F)c1N.O=C(O)c1nc2cc(F)cc(F)c2[nH]c1=O.O=C(c1nc2cc(F)cc(F)c2[nH]c1=O)N1CCC[C@H]1Cc1cc(Cl)cc(Cl)c1. The zero-order chi connectivity index (χ0) is 89.5. The van der Waals surface area contributed by atoms with Crippen LogP contribution in [-0.4, -0.2) is 127 Å². The van der Waals surface area contributed by atoms with Crippen molar-refractivity contribution in [3.05, 3.63) is 291 Å². The number of hydrogen-bond acceptors (Lipinski definition) is 23. The maximum Gasteiger partial charge on any atom is 0.362 e. The first-order valence-corrected chi connectivity index (χ1v) is 34.6. The van der Waals surface area contributed by atoms with E-state index in [1.807, 2.05) is 4.98 Å². The number of nitrogens with zero attached hydrogens (tertiary/aromatic N) is 7. The molecule has 8 aromatic carbocycles. The number of nitro groups is 1. The molecule has 14 rings (SSSR count). The summed E-state index contributed by atoms with van der Waals surface area (Å²) in [6.07, 6.45) is 2.02. The lowest BCUT2D eigenvalue weighted by Gasteiger charge is -2.24. The first-order chi connectivity index (χ1) is 57.0. The van der Waals surface area contributed by atoms with E-state index >= 15 is 0 Å². The molecule has 121 heavy (non-hydrogen) atoms. The molecule has 0 saturated carbocycles. The normalized spacial score (nSPS) is 11.9. The van der Waals surface area contributed by atoms with Crippen molar-refractivity contribution >= 4 is 131 Å². The number of likely N-dealkylation sites (tertiary alicyclic amines) is 1. The summed E-state index contributed by atoms with van der Waals surface area (Å²) < 4.78 is 196. The van der Waals surface area contributed by atoms with Crippen molar-refractivity contribution in [2.75, 3.05) is 43.6 Å². The van der Waals surface area contributed by atoms with Gasteiger partial charge in [-0.1, -0.05) is 23.2 Å². The molecule has 0 aliphatic carbocycles. The molecule has 0 radical (unpaired) electrons. The zero-order valence-corrected chi connectivity index (χ0v) is 62.8. The van der Waals surface area contributed by atoms with Crippen molar-refractivity contribution in [1.82, 2.24) is 54.7 Å². The predicted octanol–water partition coefficient (Wildman–Crippen LogP) is 12.0. The van der Waals surface area contributed by atoms with E-state index in [4.69, 9.17) is 45.5 Å². The van der Waals surface area contributed by atoms with Crippen molar-refractivity contribution in [2.45, 2.75) is 46.1 Å². The lowest BCUT2D eigenvalue weighted by atomic mass is 10.0. The molecule has 1 aliphatic rings. The van der Waals surface area contributed by atoms with Crippen LogP contribution in [0.1, 0.15) is 91.6 Å². The van der Waals surface area contributed by atoms with Gasteiger partial charge in [0.2, 0.25) is 22.8 Å². The summed E-state index contributed by atoms with van der Waals surface area (Å²) >= 11 is 12.1. The first kappa shape index (κ1) is 91.7. The molecule has 5 aromatic heterocycles. The van der Waals surface area contributed by atoms with E-state index in [9.17, 15) is 120 Å². The molecular weight excluding hydrogens is 1690 g/mol. The van der Waals surface area contributed by atoms with E-state index in [2.05, 4.69) is 59.1 Å². The third kappa shape index (κ3) is 23.1. The summed E-state index contributed by atoms with van der Waals surface area (Å²) in [5.74, 6) is -17.8. The number of amides is 1. The van der Waals surface area contributed by atoms with Crippen molar-refractivity contribution in [1.29, 1.82) is 0 Å². The minimum atomic E-state index is -1.56. The van der Waals surface area contributed by atoms with Crippen molar-refractivity contribution in [2.24, 2.45) is 0 Å². The molecule has 0 spiro atoms. The van der Waals surface area contributed by atoms with E-state index in [0.717, 1.165) is 54.8 Å². The van der Waals surface area contributed by atoms with E-state index in [0.29, 0.717) is 71.5 Å². The van der Waals surface area contributed by atoms with Crippen LogP contribution in [0.4, 0.5) is 84.2 Å². The number of esters is 3. The monoisotopic (exact) mass is 1740 g/mol. The van der Waals surface area contributed by atoms with Gasteiger partial charge in [-0.05, 0) is 75.9 Å². The molecule has 1 saturated heterocycles. The number of aromatic amines is 5. The number of carboxylic acids is 1. The summed E-state index contributed by atoms with van der Waals surface area (Å²) in [5, 5.41) is 19.7. The highest BCUT2D eigenvalue weighted by atomic mass is 35.5. The Balaban J connectivity index is 0.000000180. The van der Waals surface area contributed by atoms with E-state index < -0.39 is 184 Å². The predicted molar refractivity (Wildman–Crippen MR) is 403 cm³/mol. The average molecular weight is 1750 g/mol. The second kappa shape index (κ2) is 39.9. The standard InChI is InChI=1S/C20H15Cl2F2N3O2.3C11H8F2N2O3.C9H4F2N2O3.C6H4F2N2O2.C6H6F2N2/c21-11-4-10(5-12(22)7-11)6-14-2-1-3-27(14)20(29)18-19(28)26-17-15(24)8-13(23)9-16(17)25-18;1-2-18-11(17)9-10(16)14-7-4-5(12)3-6(13)8(7)15-9;2*1-2-18-11(17)9-10(16)15-8-6(13)3-5(12)4-7(8)14-9;10-3-1-4(11)6-5(2-3)12-7(9(15)16)8(14)13-6;7-3-1-4(8)6(9)5(2-3)10(11)12;7-3-1-4(8)6(10)5(9)2-3/h4-5,7-9,14H,1-3,6H2,(H,26,28);3-4H,2H2,1H3,(H,14,16);2*3-4H,2H2,1H3,(H,15,16);1-2H,(H,13,14)(H,15,16);1-2H,9H2;1-2H,9-10H2/t14-;;;;;;/m0....../s1. The third-order valence-electron chi connectivity index (χ3n) is 15.8. The van der Waals surface area contributed by atoms with Crippen LogP contribution in [0.15, 0.2) is 127 Å². The van der Waals surface area contributed by atoms with Crippen molar-refractivity contribution in [3.63, 3.8) is 0 Å². The van der Waals surface area contributed by atoms with Gasteiger partial charge in [0.1, 0.15) is 74.0 Å². The van der Waals surface area contributed by atoms with Crippen LogP contribution in [0.5, 0.6) is 0 Å². The van der Waals surface area contributed by atoms with Gasteiger partial charge in [0.25, 0.3) is 39.4 Å². The quantitative estimate of drug-likeness (QED) is 0.0145. The number of nitrogen functional groups attached to an aromatic ring is 3. The Morgan fingerprint density at radius 3 is 1.20 bits per heavy atom. The van der Waals surface area contributed by atoms with E-state index in [1.54, 1.807) is 43.9 Å². The topological polar surface area (TPSA) is 486 Å². The minimum Gasteiger partial charge on any atom is -0.476 e. The lowest BCUT2D eigenvalue weighted by Crippen LogP contribution is -2.40. The van der Waals surface area contributed by atoms with Gasteiger partial charge in [-0.2, -0.15) is 0 Å². The maximum atomic E-state index is 13.9. The smallest absolute Gasteiger partial charge is 0.362 e. The Hall–Kier alpha value is -14.8. The molecule has 47 heteroatoms. The highest BCUT2D eigenvalue weighted by Crippen LogP contribution is 2.29. The number of nitrogens with two attached hydrogens (primary N) is 3. The second-order valence-electron chi connectivity index (χ2n) is 24.2. The number of H-pyrrole nitrogens is 5. The summed E-state index contributed by atoms with van der Waals surface area (Å²) in [5.41, 5.74) is 4.88. The molecule has 1 amide bonds. The van der Waals surface area contributed by atoms with Gasteiger partial charge < -0.3 is 66.3 Å². The summed E-state index contributed by atoms with van der Waals surface area (Å²) in [6, 6.07) is 15.3. The number of carbonyl (C=O) groups is 5. The number of nitro benzene ring substituents is 1. The molecule has 6 heterocycles. The molecule has 13 aromatic rings. The Kier molecular flexibility index (Phi) is 30.3. The lowest BCUT2D eigenvalue weighted by molar-refractivity contribution is -0.384. The number of aromatic nitrogens is 10. The number of benzene rings is 8. The van der Waals surface area contributed by atoms with Gasteiger partial charge in [-0.3, -0.25) is 38.9 Å². The number of aromatic carboxylic acids is 1. The van der Waals surface area contributed by atoms with Gasteiger partial charge in [0.15, 0.2) is 46.4 Å². The van der Waals surface area contributed by atoms with Crippen LogP contribution in [0.25, 0.3) is 55.2 Å². The summed E-state index contributed by atoms with van der Waals surface area (Å²) in [6.45, 7) is 5.32. The minimum absolute atomic E-state index is 0.0594. The maximum absolute atomic E-state index is 13.9. The Labute approximate surface area is 672 Å². The number of ether oxygens (including phenoxy) is 3. The van der Waals surface area contributed by atoms with Crippen molar-refractivity contribution < 1.29 is 110 Å². The molecule has 1 atom stereocenters. The first-order valence-electron chi connectivity index (χ1n) is 33.9. The Bertz CT molecular complexity index is 6450. The van der Waals surface area contributed by atoms with Crippen molar-refractivity contribution in [3.8, 4) is 0 Å². The number of fused-ring (bicyclic) bond motifs is 5. The Morgan fingerprint density at radius 2 is 0.793 bits per heavy atom. The molecule has 632 valence electrons. The van der Waals surface area contributed by atoms with Crippen LogP contribution in [0, 0.1) is 91.6 Å². The van der Waals surface area contributed by atoms with E-state index in [-0.39, 0.29) is 92.4 Å². The highest BCUT2D eigenvalue weighted by Gasteiger charge is 2.33. The fourth-order valence-corrected chi connectivity index (χ4v) is 11.2. The fraction of sp³-hybridized carbons (Fsp3) is 0.149. The number of carbonyl (C=O) groups excluding carboxylic acids is 4. The Morgan fingerprint density at radius 1 is 0.455 bits per heavy atom. The largest absolute Gasteiger partial charge is 0.476 e. The van der Waals surface area contributed by atoms with Gasteiger partial charge >= 0.3 is 23.9 Å². The number of nitrogens with one attached hydrogen (secondary N) is 5. The van der Waals surface area contributed by atoms with Gasteiger partial charge in [-0.25, -0.2) is 106 Å². The summed E-state index contributed by atoms with van der Waals surface area (Å²) in [7, 11) is 0. The van der Waals surface area contributed by atoms with Gasteiger partial charge in [0, 0.05) is 89.4 Å². The highest BCUT2D eigenvalue weighted by molar-refractivity contribution is 6.34. The number of halogens is 16. The van der Waals surface area contributed by atoms with Crippen LogP contribution in [-0.2, 0) is 20.6 Å². The molecular formula is C74H53Cl2F14N15O16. The van der Waals surface area contributed by atoms with Crippen LogP contribution >= 0.6 is 23.2 Å².